The van der Waals surface area contributed by atoms with E-state index in [1.54, 1.807) is 0 Å². The van der Waals surface area contributed by atoms with E-state index in [0.29, 0.717) is 0 Å². The molecule has 14 rings (SSSR count). The predicted octanol–water partition coefficient (Wildman–Crippen LogP) is 18.0. The zero-order chi connectivity index (χ0) is 44.0. The minimum absolute atomic E-state index is 0.868. The molecule has 0 spiro atoms. The lowest BCUT2D eigenvalue weighted by Gasteiger charge is -2.31. The van der Waals surface area contributed by atoms with Gasteiger partial charge in [-0.1, -0.05) is 182 Å². The Balaban J connectivity index is 1.11. The Morgan fingerprint density at radius 1 is 0.328 bits per heavy atom. The minimum Gasteiger partial charge on any atom is -0.456 e. The van der Waals surface area contributed by atoms with Crippen LogP contribution in [0.15, 0.2) is 247 Å². The van der Waals surface area contributed by atoms with Gasteiger partial charge in [0.1, 0.15) is 11.2 Å². The Morgan fingerprint density at radius 2 is 0.925 bits per heavy atom. The zero-order valence-electron chi connectivity index (χ0n) is 36.4. The van der Waals surface area contributed by atoms with Crippen LogP contribution in [0.3, 0.4) is 0 Å². The molecule has 67 heavy (non-hydrogen) atoms. The molecule has 1 aliphatic carbocycles. The van der Waals surface area contributed by atoms with Crippen molar-refractivity contribution in [3.05, 3.63) is 243 Å². The summed E-state index contributed by atoms with van der Waals surface area (Å²) in [5.74, 6) is 0. The number of rotatable bonds is 5. The summed E-state index contributed by atoms with van der Waals surface area (Å²) in [6.45, 7) is 0. The molecule has 2 heterocycles. The van der Waals surface area contributed by atoms with Crippen LogP contribution in [0.5, 0.6) is 0 Å². The molecule has 0 saturated heterocycles. The first-order chi connectivity index (χ1) is 33.3. The van der Waals surface area contributed by atoms with Gasteiger partial charge in [0.25, 0.3) is 0 Å². The van der Waals surface area contributed by atoms with Gasteiger partial charge in [-0.15, -0.1) is 0 Å². The normalized spacial score (nSPS) is 11.9. The second kappa shape index (κ2) is 14.8. The fourth-order valence-electron chi connectivity index (χ4n) is 11.1. The fourth-order valence-corrected chi connectivity index (χ4v) is 11.1. The number of benzene rings is 11. The van der Waals surface area contributed by atoms with Crippen molar-refractivity contribution >= 4 is 71.6 Å². The number of fused-ring (bicyclic) bond motifs is 15. The summed E-state index contributed by atoms with van der Waals surface area (Å²) in [6, 6.07) is 88.5. The number of hydrogen-bond acceptors (Lipinski definition) is 2. The van der Waals surface area contributed by atoms with E-state index in [2.05, 4.69) is 252 Å². The minimum atomic E-state index is 0.868. The van der Waals surface area contributed by atoms with Crippen molar-refractivity contribution in [2.24, 2.45) is 0 Å². The maximum Gasteiger partial charge on any atom is 0.138 e. The molecule has 0 bridgehead atoms. The third kappa shape index (κ3) is 5.71. The van der Waals surface area contributed by atoms with Gasteiger partial charge in [-0.05, 0) is 110 Å². The van der Waals surface area contributed by atoms with Crippen molar-refractivity contribution in [1.29, 1.82) is 0 Å². The quantitative estimate of drug-likeness (QED) is 0.172. The highest BCUT2D eigenvalue weighted by Gasteiger charge is 2.28. The third-order valence-electron chi connectivity index (χ3n) is 13.9. The lowest BCUT2D eigenvalue weighted by molar-refractivity contribution is 0.669. The number of furan rings is 1. The van der Waals surface area contributed by atoms with Gasteiger partial charge in [-0.25, -0.2) is 0 Å². The van der Waals surface area contributed by atoms with Crippen LogP contribution in [0.2, 0.25) is 0 Å². The van der Waals surface area contributed by atoms with Crippen LogP contribution in [0.1, 0.15) is 0 Å². The van der Waals surface area contributed by atoms with E-state index < -0.39 is 0 Å². The first-order valence-electron chi connectivity index (χ1n) is 23.0. The first kappa shape index (κ1) is 37.5. The number of nitrogens with zero attached hydrogens (tertiary/aromatic N) is 2. The Morgan fingerprint density at radius 3 is 1.67 bits per heavy atom. The van der Waals surface area contributed by atoms with Gasteiger partial charge >= 0.3 is 0 Å². The van der Waals surface area contributed by atoms with Crippen molar-refractivity contribution in [2.75, 3.05) is 4.90 Å². The van der Waals surface area contributed by atoms with Crippen LogP contribution in [0.25, 0.3) is 116 Å². The summed E-state index contributed by atoms with van der Waals surface area (Å²) in [4.78, 5) is 2.47. The number of hydrogen-bond donors (Lipinski definition) is 0. The molecule has 0 saturated carbocycles. The molecule has 0 unspecified atom stereocenters. The molecule has 312 valence electrons. The van der Waals surface area contributed by atoms with Gasteiger partial charge in [0.05, 0.1) is 16.7 Å². The van der Waals surface area contributed by atoms with Crippen LogP contribution < -0.4 is 4.90 Å². The maximum absolute atomic E-state index is 6.78. The molecule has 11 aromatic carbocycles. The Labute approximate surface area is 387 Å². The van der Waals surface area contributed by atoms with E-state index in [-0.39, 0.29) is 0 Å². The summed E-state index contributed by atoms with van der Waals surface area (Å²) in [7, 11) is 0. The Hall–Kier alpha value is -8.92. The summed E-state index contributed by atoms with van der Waals surface area (Å²) in [5.41, 5.74) is 20.3. The predicted molar refractivity (Wildman–Crippen MR) is 281 cm³/mol. The van der Waals surface area contributed by atoms with Gasteiger partial charge in [-0.3, -0.25) is 0 Å². The van der Waals surface area contributed by atoms with E-state index in [9.17, 15) is 0 Å². The number of anilines is 3. The van der Waals surface area contributed by atoms with Gasteiger partial charge < -0.3 is 13.9 Å². The molecule has 2 aromatic heterocycles. The highest BCUT2D eigenvalue weighted by Crippen LogP contribution is 2.54. The second-order valence-electron chi connectivity index (χ2n) is 17.6. The van der Waals surface area contributed by atoms with E-state index in [4.69, 9.17) is 4.42 Å². The molecule has 13 aromatic rings. The van der Waals surface area contributed by atoms with Crippen LogP contribution in [-0.2, 0) is 0 Å². The standard InChI is InChI=1S/C64H40N2O/c1-3-19-42(20-4-1)61-63-55-39-46(36-37-56(55)66(45-35-34-41-18-7-8-21-43(41)38-45)58(63)40-60-64(61)54-30-15-16-33-59(54)67-60)65(44-22-5-2-6-23-44)57-32-17-31-53-51-27-12-11-26-49(51)47-24-9-10-25-48(47)50-28-13-14-29-52(50)62(53)57/h1-40H. The second-order valence-corrected chi connectivity index (χ2v) is 17.6. The van der Waals surface area contributed by atoms with Gasteiger partial charge in [0.2, 0.25) is 0 Å². The SMILES string of the molecule is c1ccc(-c2c3c(cc4c2c2cc(N(c5ccccc5)c5cccc6c5-c5ccccc5-c5ccccc5-c5ccccc5-6)ccc2n4-c2ccc4ccccc4c2)oc2ccccc23)cc1. The molecule has 0 radical (unpaired) electrons. The molecular weight excluding hydrogens is 813 g/mol. The molecule has 0 aliphatic heterocycles. The van der Waals surface area contributed by atoms with Crippen molar-refractivity contribution < 1.29 is 4.42 Å². The molecule has 0 fully saturated rings. The van der Waals surface area contributed by atoms with Crippen molar-refractivity contribution in [3.8, 4) is 61.3 Å². The zero-order valence-corrected chi connectivity index (χ0v) is 36.4. The number of aromatic nitrogens is 1. The monoisotopic (exact) mass is 852 g/mol. The molecule has 1 aliphatic rings. The largest absolute Gasteiger partial charge is 0.456 e. The topological polar surface area (TPSA) is 21.3 Å². The van der Waals surface area contributed by atoms with Gasteiger partial charge in [0, 0.05) is 55.8 Å². The van der Waals surface area contributed by atoms with E-state index in [1.807, 2.05) is 0 Å². The molecule has 0 N–H and O–H groups in total. The Kier molecular flexibility index (Phi) is 8.28. The fraction of sp³-hybridized carbons (Fsp3) is 0. The van der Waals surface area contributed by atoms with E-state index in [1.165, 1.54) is 66.2 Å². The summed E-state index contributed by atoms with van der Waals surface area (Å²) < 4.78 is 9.22. The van der Waals surface area contributed by atoms with Crippen LogP contribution in [-0.4, -0.2) is 4.57 Å². The summed E-state index contributed by atoms with van der Waals surface area (Å²) in [6.07, 6.45) is 0. The van der Waals surface area contributed by atoms with Crippen molar-refractivity contribution in [1.82, 2.24) is 4.57 Å². The van der Waals surface area contributed by atoms with E-state index in [0.717, 1.165) is 66.7 Å². The van der Waals surface area contributed by atoms with Crippen molar-refractivity contribution in [2.45, 2.75) is 0 Å². The van der Waals surface area contributed by atoms with Crippen LogP contribution >= 0.6 is 0 Å². The summed E-state index contributed by atoms with van der Waals surface area (Å²) in [5, 5.41) is 6.98. The average molecular weight is 853 g/mol. The highest BCUT2D eigenvalue weighted by molar-refractivity contribution is 6.27. The van der Waals surface area contributed by atoms with E-state index >= 15 is 0 Å². The third-order valence-corrected chi connectivity index (χ3v) is 13.9. The molecule has 0 atom stereocenters. The van der Waals surface area contributed by atoms with Gasteiger partial charge in [-0.2, -0.15) is 0 Å². The highest BCUT2D eigenvalue weighted by atomic mass is 16.3. The molecule has 3 heteroatoms. The lowest BCUT2D eigenvalue weighted by atomic mass is 9.80. The Bertz CT molecular complexity index is 4100. The van der Waals surface area contributed by atoms with Crippen LogP contribution in [0.4, 0.5) is 17.1 Å². The molecular formula is C64H40N2O. The smallest absolute Gasteiger partial charge is 0.138 e. The average Bonchev–Trinajstić information content (AvgIpc) is 3.93. The van der Waals surface area contributed by atoms with Crippen LogP contribution in [0, 0.1) is 0 Å². The number of para-hydroxylation sites is 2. The summed E-state index contributed by atoms with van der Waals surface area (Å²) >= 11 is 0. The lowest BCUT2D eigenvalue weighted by Crippen LogP contribution is -2.12. The first-order valence-corrected chi connectivity index (χ1v) is 23.0. The maximum atomic E-state index is 6.78. The van der Waals surface area contributed by atoms with Gasteiger partial charge in [0.15, 0.2) is 0 Å². The molecule has 3 nitrogen and oxygen atoms in total. The van der Waals surface area contributed by atoms with Crippen molar-refractivity contribution in [3.63, 3.8) is 0 Å². The molecule has 0 amide bonds.